The van der Waals surface area contributed by atoms with Gasteiger partial charge in [-0.05, 0) is 27.8 Å². The number of ether oxygens (including phenoxy) is 1. The maximum absolute atomic E-state index is 12.2. The van der Waals surface area contributed by atoms with Crippen molar-refractivity contribution in [3.63, 3.8) is 0 Å². The predicted octanol–water partition coefficient (Wildman–Crippen LogP) is -0.208. The molecule has 0 aromatic heterocycles. The molecule has 0 spiro atoms. The SMILES string of the molecule is CCNC(=NCC1CN(C)CCO1)N1CCS(=O)(=O)C(C)(C)C1. The van der Waals surface area contributed by atoms with Crippen molar-refractivity contribution in [1.29, 1.82) is 0 Å². The van der Waals surface area contributed by atoms with Crippen LogP contribution in [-0.2, 0) is 14.6 Å². The fourth-order valence-electron chi connectivity index (χ4n) is 2.92. The molecule has 2 aliphatic heterocycles. The summed E-state index contributed by atoms with van der Waals surface area (Å²) < 4.78 is 29.3. The van der Waals surface area contributed by atoms with Crippen molar-refractivity contribution in [1.82, 2.24) is 15.1 Å². The standard InChI is InChI=1S/C15H30N4O3S/c1-5-16-14(17-10-13-11-18(4)6-8-22-13)19-7-9-23(20,21)15(2,3)12-19/h13H,5-12H2,1-4H3,(H,16,17). The lowest BCUT2D eigenvalue weighted by Crippen LogP contribution is -2.57. The molecule has 0 radical (unpaired) electrons. The molecule has 8 heteroatoms. The van der Waals surface area contributed by atoms with E-state index in [0.717, 1.165) is 32.2 Å². The first-order valence-electron chi connectivity index (χ1n) is 8.31. The van der Waals surface area contributed by atoms with Crippen molar-refractivity contribution in [2.24, 2.45) is 4.99 Å². The van der Waals surface area contributed by atoms with Gasteiger partial charge in [0.25, 0.3) is 0 Å². The second kappa shape index (κ2) is 7.36. The van der Waals surface area contributed by atoms with Gasteiger partial charge in [-0.25, -0.2) is 8.42 Å². The molecule has 0 amide bonds. The molecule has 1 unspecified atom stereocenters. The van der Waals surface area contributed by atoms with Crippen LogP contribution < -0.4 is 5.32 Å². The number of likely N-dealkylation sites (N-methyl/N-ethyl adjacent to an activating group) is 1. The highest BCUT2D eigenvalue weighted by Gasteiger charge is 2.41. The Kier molecular flexibility index (Phi) is 5.91. The highest BCUT2D eigenvalue weighted by molar-refractivity contribution is 7.92. The van der Waals surface area contributed by atoms with Gasteiger partial charge in [0, 0.05) is 32.7 Å². The molecule has 7 nitrogen and oxygen atoms in total. The average Bonchev–Trinajstić information content (AvgIpc) is 2.46. The van der Waals surface area contributed by atoms with Crippen molar-refractivity contribution < 1.29 is 13.2 Å². The summed E-state index contributed by atoms with van der Waals surface area (Å²) in [4.78, 5) is 8.99. The number of sulfone groups is 1. The average molecular weight is 346 g/mol. The molecule has 0 aromatic rings. The third-order valence-electron chi connectivity index (χ3n) is 4.46. The summed E-state index contributed by atoms with van der Waals surface area (Å²) >= 11 is 0. The lowest BCUT2D eigenvalue weighted by atomic mass is 10.2. The van der Waals surface area contributed by atoms with Crippen LogP contribution in [0.5, 0.6) is 0 Å². The normalized spacial score (nSPS) is 28.6. The lowest BCUT2D eigenvalue weighted by Gasteiger charge is -2.39. The Bertz CT molecular complexity index is 533. The number of hydrogen-bond acceptors (Lipinski definition) is 5. The van der Waals surface area contributed by atoms with Gasteiger partial charge in [0.05, 0.1) is 29.8 Å². The molecule has 2 fully saturated rings. The highest BCUT2D eigenvalue weighted by Crippen LogP contribution is 2.23. The van der Waals surface area contributed by atoms with E-state index in [1.54, 1.807) is 13.8 Å². The summed E-state index contributed by atoms with van der Waals surface area (Å²) in [5, 5.41) is 3.28. The van der Waals surface area contributed by atoms with Crippen LogP contribution in [0.3, 0.4) is 0 Å². The second-order valence-corrected chi connectivity index (χ2v) is 9.69. The Hall–Kier alpha value is -0.860. The summed E-state index contributed by atoms with van der Waals surface area (Å²) in [5.41, 5.74) is 0. The molecule has 1 N–H and O–H groups in total. The zero-order chi connectivity index (χ0) is 17.1. The summed E-state index contributed by atoms with van der Waals surface area (Å²) in [6, 6.07) is 0. The first kappa shape index (κ1) is 18.5. The van der Waals surface area contributed by atoms with E-state index in [1.807, 2.05) is 6.92 Å². The van der Waals surface area contributed by atoms with E-state index in [0.29, 0.717) is 19.6 Å². The fourth-order valence-corrected chi connectivity index (χ4v) is 4.28. The Labute approximate surface area is 140 Å². The molecule has 2 heterocycles. The predicted molar refractivity (Wildman–Crippen MR) is 92.7 cm³/mol. The molecule has 0 saturated carbocycles. The van der Waals surface area contributed by atoms with Gasteiger partial charge in [-0.2, -0.15) is 0 Å². The molecule has 2 rings (SSSR count). The smallest absolute Gasteiger partial charge is 0.194 e. The number of aliphatic imine (C=N–C) groups is 1. The molecule has 2 saturated heterocycles. The van der Waals surface area contributed by atoms with E-state index in [2.05, 4.69) is 22.2 Å². The minimum Gasteiger partial charge on any atom is -0.374 e. The Morgan fingerprint density at radius 2 is 2.13 bits per heavy atom. The molecule has 2 aliphatic rings. The highest BCUT2D eigenvalue weighted by atomic mass is 32.2. The van der Waals surface area contributed by atoms with Crippen LogP contribution in [0.15, 0.2) is 4.99 Å². The quantitative estimate of drug-likeness (QED) is 0.563. The van der Waals surface area contributed by atoms with Crippen LogP contribution >= 0.6 is 0 Å². The van der Waals surface area contributed by atoms with E-state index < -0.39 is 14.6 Å². The topological polar surface area (TPSA) is 74.2 Å². The number of morpholine rings is 1. The van der Waals surface area contributed by atoms with Gasteiger partial charge in [-0.1, -0.05) is 0 Å². The Balaban J connectivity index is 2.04. The van der Waals surface area contributed by atoms with Crippen LogP contribution in [0, 0.1) is 0 Å². The van der Waals surface area contributed by atoms with E-state index >= 15 is 0 Å². The molecule has 0 bridgehead atoms. The Morgan fingerprint density at radius 1 is 1.39 bits per heavy atom. The number of nitrogens with zero attached hydrogens (tertiary/aromatic N) is 3. The van der Waals surface area contributed by atoms with Crippen molar-refractivity contribution in [2.45, 2.75) is 31.6 Å². The summed E-state index contributed by atoms with van der Waals surface area (Å²) in [5.74, 6) is 0.958. The third kappa shape index (κ3) is 4.58. The van der Waals surface area contributed by atoms with Crippen LogP contribution in [0.2, 0.25) is 0 Å². The van der Waals surface area contributed by atoms with Gasteiger partial charge in [-0.3, -0.25) is 4.99 Å². The molecule has 0 aromatic carbocycles. The van der Waals surface area contributed by atoms with Crippen molar-refractivity contribution in [3.8, 4) is 0 Å². The monoisotopic (exact) mass is 346 g/mol. The van der Waals surface area contributed by atoms with E-state index in [-0.39, 0.29) is 11.9 Å². The molecule has 134 valence electrons. The molecule has 23 heavy (non-hydrogen) atoms. The van der Waals surface area contributed by atoms with Gasteiger partial charge in [-0.15, -0.1) is 0 Å². The zero-order valence-electron chi connectivity index (χ0n) is 14.7. The van der Waals surface area contributed by atoms with Crippen LogP contribution in [0.4, 0.5) is 0 Å². The van der Waals surface area contributed by atoms with E-state index in [4.69, 9.17) is 9.73 Å². The van der Waals surface area contributed by atoms with Crippen molar-refractivity contribution in [2.75, 3.05) is 58.7 Å². The maximum Gasteiger partial charge on any atom is 0.194 e. The maximum atomic E-state index is 12.2. The van der Waals surface area contributed by atoms with Gasteiger partial charge >= 0.3 is 0 Å². The number of hydrogen-bond donors (Lipinski definition) is 1. The van der Waals surface area contributed by atoms with Crippen molar-refractivity contribution >= 4 is 15.8 Å². The fraction of sp³-hybridized carbons (Fsp3) is 0.933. The number of nitrogens with one attached hydrogen (secondary N) is 1. The zero-order valence-corrected chi connectivity index (χ0v) is 15.5. The molecule has 0 aliphatic carbocycles. The second-order valence-electron chi connectivity index (χ2n) is 6.95. The lowest BCUT2D eigenvalue weighted by molar-refractivity contribution is -0.0137. The Morgan fingerprint density at radius 3 is 2.74 bits per heavy atom. The van der Waals surface area contributed by atoms with Gasteiger partial charge < -0.3 is 19.9 Å². The number of guanidine groups is 1. The van der Waals surface area contributed by atoms with Gasteiger partial charge in [0.1, 0.15) is 0 Å². The van der Waals surface area contributed by atoms with Crippen LogP contribution in [-0.4, -0.2) is 93.7 Å². The minimum absolute atomic E-state index is 0.101. The van der Waals surface area contributed by atoms with Crippen LogP contribution in [0.25, 0.3) is 0 Å². The first-order chi connectivity index (χ1) is 10.7. The first-order valence-corrected chi connectivity index (χ1v) is 9.96. The molecular formula is C15H30N4O3S. The van der Waals surface area contributed by atoms with Gasteiger partial charge in [0.15, 0.2) is 15.8 Å². The molecular weight excluding hydrogens is 316 g/mol. The van der Waals surface area contributed by atoms with E-state index in [1.165, 1.54) is 0 Å². The molecule has 1 atom stereocenters. The summed E-state index contributed by atoms with van der Waals surface area (Å²) in [7, 11) is -0.955. The van der Waals surface area contributed by atoms with Crippen molar-refractivity contribution in [3.05, 3.63) is 0 Å². The van der Waals surface area contributed by atoms with Gasteiger partial charge in [0.2, 0.25) is 0 Å². The summed E-state index contributed by atoms with van der Waals surface area (Å²) in [6.07, 6.45) is 0.101. The van der Waals surface area contributed by atoms with E-state index in [9.17, 15) is 8.42 Å². The minimum atomic E-state index is -3.04. The van der Waals surface area contributed by atoms with Crippen LogP contribution in [0.1, 0.15) is 20.8 Å². The summed E-state index contributed by atoms with van der Waals surface area (Å²) in [6.45, 7) is 10.5. The largest absolute Gasteiger partial charge is 0.374 e. The third-order valence-corrected chi connectivity index (χ3v) is 7.00. The number of rotatable bonds is 3.